The molecule has 0 aliphatic carbocycles. The summed E-state index contributed by atoms with van der Waals surface area (Å²) in [4.78, 5) is 25.7. The van der Waals surface area contributed by atoms with Crippen LogP contribution in [0.2, 0.25) is 0 Å². The van der Waals surface area contributed by atoms with E-state index < -0.39 is 0 Å². The zero-order valence-electron chi connectivity index (χ0n) is 20.3. The minimum atomic E-state index is -0.283. The lowest BCUT2D eigenvalue weighted by atomic mass is 10.2. The van der Waals surface area contributed by atoms with Crippen LogP contribution >= 0.6 is 11.3 Å². The monoisotopic (exact) mass is 500 g/mol. The van der Waals surface area contributed by atoms with Gasteiger partial charge in [-0.15, -0.1) is 11.3 Å². The molecule has 1 amide bonds. The average molecular weight is 501 g/mol. The Morgan fingerprint density at radius 2 is 2.00 bits per heavy atom. The van der Waals surface area contributed by atoms with Crippen LogP contribution in [-0.2, 0) is 4.79 Å². The summed E-state index contributed by atoms with van der Waals surface area (Å²) in [5.74, 6) is 1.18. The molecule has 2 N–H and O–H groups in total. The predicted octanol–water partition coefficient (Wildman–Crippen LogP) is 5.49. The summed E-state index contributed by atoms with van der Waals surface area (Å²) in [6, 6.07) is 18.0. The maximum absolute atomic E-state index is 11.6. The third-order valence-corrected chi connectivity index (χ3v) is 7.05. The van der Waals surface area contributed by atoms with Gasteiger partial charge in [-0.2, -0.15) is 4.98 Å². The highest BCUT2D eigenvalue weighted by molar-refractivity contribution is 7.17. The number of nitrogens with zero attached hydrogens (tertiary/aromatic N) is 4. The summed E-state index contributed by atoms with van der Waals surface area (Å²) < 4.78 is 6.98. The molecule has 0 unspecified atom stereocenters. The Morgan fingerprint density at radius 3 is 2.75 bits per heavy atom. The number of likely N-dealkylation sites (N-methyl/N-ethyl adjacent to an activating group) is 1. The van der Waals surface area contributed by atoms with Gasteiger partial charge in [-0.1, -0.05) is 12.6 Å². The number of fused-ring (bicyclic) bond motifs is 1. The van der Waals surface area contributed by atoms with Gasteiger partial charge < -0.3 is 25.2 Å². The topological polar surface area (TPSA) is 82.6 Å². The van der Waals surface area contributed by atoms with Crippen molar-refractivity contribution in [3.63, 3.8) is 0 Å². The molecule has 1 aliphatic heterocycles. The lowest BCUT2D eigenvalue weighted by Crippen LogP contribution is -2.31. The Hall–Kier alpha value is -3.95. The summed E-state index contributed by atoms with van der Waals surface area (Å²) in [7, 11) is 4.28. The third-order valence-electron chi connectivity index (χ3n) is 6.16. The highest BCUT2D eigenvalue weighted by Crippen LogP contribution is 2.34. The number of hydrogen-bond donors (Lipinski definition) is 2. The molecule has 2 aromatic heterocycles. The molecule has 0 bridgehead atoms. The highest BCUT2D eigenvalue weighted by Gasteiger charge is 2.24. The van der Waals surface area contributed by atoms with E-state index in [0.717, 1.165) is 29.0 Å². The summed E-state index contributed by atoms with van der Waals surface area (Å²) >= 11 is 1.52. The fraction of sp³-hybridized carbons (Fsp3) is 0.222. The molecule has 1 aliphatic rings. The molecule has 8 nitrogen and oxygen atoms in total. The van der Waals surface area contributed by atoms with Crippen LogP contribution in [0.1, 0.15) is 6.42 Å². The molecule has 1 fully saturated rings. The van der Waals surface area contributed by atoms with Crippen LogP contribution in [0.5, 0.6) is 11.6 Å². The van der Waals surface area contributed by atoms with Gasteiger partial charge in [0.2, 0.25) is 17.7 Å². The normalized spacial score (nSPS) is 15.3. The van der Waals surface area contributed by atoms with E-state index >= 15 is 0 Å². The van der Waals surface area contributed by atoms with E-state index in [0.29, 0.717) is 29.3 Å². The summed E-state index contributed by atoms with van der Waals surface area (Å²) in [6.07, 6.45) is 2.40. The predicted molar refractivity (Wildman–Crippen MR) is 147 cm³/mol. The number of nitrogens with one attached hydrogen (secondary N) is 2. The van der Waals surface area contributed by atoms with Gasteiger partial charge in [0, 0.05) is 42.3 Å². The minimum Gasteiger partial charge on any atom is -0.437 e. The summed E-state index contributed by atoms with van der Waals surface area (Å²) in [6.45, 7) is 5.58. The van der Waals surface area contributed by atoms with Crippen LogP contribution < -0.4 is 20.3 Å². The van der Waals surface area contributed by atoms with Crippen molar-refractivity contribution in [2.45, 2.75) is 12.5 Å². The SMILES string of the molecule is C=CC(=O)Nc1cccc(Oc2nc(Nc3ccc(N4CC[C@H](N(C)C)C4)cc3)nc3ccsc23)c1. The number of hydrogen-bond acceptors (Lipinski definition) is 8. The highest BCUT2D eigenvalue weighted by atomic mass is 32.1. The van der Waals surface area contributed by atoms with Crippen molar-refractivity contribution in [2.75, 3.05) is 42.7 Å². The van der Waals surface area contributed by atoms with E-state index in [9.17, 15) is 4.79 Å². The van der Waals surface area contributed by atoms with Gasteiger partial charge in [-0.05, 0) is 74.4 Å². The molecule has 1 atom stereocenters. The zero-order valence-corrected chi connectivity index (χ0v) is 21.1. The number of aromatic nitrogens is 2. The minimum absolute atomic E-state index is 0.283. The van der Waals surface area contributed by atoms with E-state index in [-0.39, 0.29) is 5.91 Å². The molecule has 36 heavy (non-hydrogen) atoms. The first-order valence-corrected chi connectivity index (χ1v) is 12.6. The van der Waals surface area contributed by atoms with Gasteiger partial charge in [0.1, 0.15) is 10.4 Å². The largest absolute Gasteiger partial charge is 0.437 e. The van der Waals surface area contributed by atoms with E-state index in [2.05, 4.69) is 63.2 Å². The standard InChI is InChI=1S/C27H28N6O2S/c1-4-24(34)28-19-6-5-7-22(16-19)35-26-25-23(13-15-36-25)30-27(31-26)29-18-8-10-20(11-9-18)33-14-12-21(17-33)32(2)3/h4-11,13,15-16,21H,1,12,14,17H2,2-3H3,(H,28,34)(H,29,30,31)/t21-/m0/s1. The second-order valence-electron chi connectivity index (χ2n) is 8.83. The van der Waals surface area contributed by atoms with Crippen LogP contribution in [0.15, 0.2) is 72.6 Å². The van der Waals surface area contributed by atoms with Crippen LogP contribution in [0.3, 0.4) is 0 Å². The van der Waals surface area contributed by atoms with E-state index in [1.807, 2.05) is 35.7 Å². The Labute approximate surface area is 214 Å². The van der Waals surface area contributed by atoms with Crippen molar-refractivity contribution in [1.29, 1.82) is 0 Å². The first-order valence-electron chi connectivity index (χ1n) is 11.7. The van der Waals surface area contributed by atoms with Crippen molar-refractivity contribution in [3.05, 3.63) is 72.6 Å². The van der Waals surface area contributed by atoms with Gasteiger partial charge in [-0.25, -0.2) is 4.98 Å². The molecule has 5 rings (SSSR count). The van der Waals surface area contributed by atoms with Crippen LogP contribution in [-0.4, -0.2) is 54.0 Å². The van der Waals surface area contributed by atoms with Crippen LogP contribution in [0.25, 0.3) is 10.2 Å². The number of carbonyl (C=O) groups excluding carboxylic acids is 1. The van der Waals surface area contributed by atoms with Crippen molar-refractivity contribution in [2.24, 2.45) is 0 Å². The number of thiophene rings is 1. The Balaban J connectivity index is 1.33. The van der Waals surface area contributed by atoms with Gasteiger partial charge in [0.25, 0.3) is 0 Å². The number of anilines is 4. The molecule has 184 valence electrons. The quantitative estimate of drug-likeness (QED) is 0.310. The second kappa shape index (κ2) is 10.3. The molecule has 0 radical (unpaired) electrons. The molecular weight excluding hydrogens is 472 g/mol. The van der Waals surface area contributed by atoms with Gasteiger partial charge in [-0.3, -0.25) is 4.79 Å². The van der Waals surface area contributed by atoms with Crippen molar-refractivity contribution < 1.29 is 9.53 Å². The molecule has 9 heteroatoms. The Kier molecular flexibility index (Phi) is 6.84. The first-order chi connectivity index (χ1) is 17.5. The summed E-state index contributed by atoms with van der Waals surface area (Å²) in [5, 5.41) is 8.01. The Bertz CT molecular complexity index is 1380. The fourth-order valence-electron chi connectivity index (χ4n) is 4.19. The van der Waals surface area contributed by atoms with Crippen molar-refractivity contribution in [3.8, 4) is 11.6 Å². The maximum Gasteiger partial charge on any atom is 0.247 e. The summed E-state index contributed by atoms with van der Waals surface area (Å²) in [5.41, 5.74) is 3.53. The van der Waals surface area contributed by atoms with E-state index in [1.54, 1.807) is 12.1 Å². The molecule has 0 saturated carbocycles. The number of ether oxygens (including phenoxy) is 1. The lowest BCUT2D eigenvalue weighted by molar-refractivity contribution is -0.111. The first kappa shape index (κ1) is 23.8. The smallest absolute Gasteiger partial charge is 0.247 e. The number of amides is 1. The number of rotatable bonds is 8. The van der Waals surface area contributed by atoms with E-state index in [4.69, 9.17) is 4.74 Å². The van der Waals surface area contributed by atoms with Crippen molar-refractivity contribution >= 4 is 50.5 Å². The average Bonchev–Trinajstić information content (AvgIpc) is 3.55. The van der Waals surface area contributed by atoms with E-state index in [1.165, 1.54) is 29.5 Å². The molecule has 1 saturated heterocycles. The Morgan fingerprint density at radius 1 is 1.17 bits per heavy atom. The molecule has 3 heterocycles. The molecule has 0 spiro atoms. The van der Waals surface area contributed by atoms with Crippen LogP contribution in [0.4, 0.5) is 23.0 Å². The molecule has 2 aromatic carbocycles. The third kappa shape index (κ3) is 5.32. The zero-order chi connectivity index (χ0) is 25.1. The van der Waals surface area contributed by atoms with Crippen LogP contribution in [0, 0.1) is 0 Å². The van der Waals surface area contributed by atoms with Crippen molar-refractivity contribution in [1.82, 2.24) is 14.9 Å². The second-order valence-corrected chi connectivity index (χ2v) is 9.75. The van der Waals surface area contributed by atoms with Gasteiger partial charge in [0.15, 0.2) is 0 Å². The molecular formula is C27H28N6O2S. The van der Waals surface area contributed by atoms with Gasteiger partial charge in [0.05, 0.1) is 5.52 Å². The maximum atomic E-state index is 11.6. The number of carbonyl (C=O) groups is 1. The number of benzene rings is 2. The fourth-order valence-corrected chi connectivity index (χ4v) is 4.94. The molecule has 4 aromatic rings. The van der Waals surface area contributed by atoms with Gasteiger partial charge >= 0.3 is 0 Å². The lowest BCUT2D eigenvalue weighted by Gasteiger charge is -2.22.